The summed E-state index contributed by atoms with van der Waals surface area (Å²) in [5, 5.41) is 0. The van der Waals surface area contributed by atoms with Gasteiger partial charge in [-0.05, 0) is 31.4 Å². The molecule has 2 atom stereocenters. The molecule has 1 aliphatic heterocycles. The van der Waals surface area contributed by atoms with Gasteiger partial charge < -0.3 is 9.47 Å². The number of benzene rings is 1. The Labute approximate surface area is 148 Å². The topological polar surface area (TPSA) is 90.0 Å². The van der Waals surface area contributed by atoms with E-state index in [1.165, 1.54) is 19.2 Å². The molecule has 1 saturated heterocycles. The average Bonchev–Trinajstić information content (AvgIpc) is 2.82. The lowest BCUT2D eigenvalue weighted by atomic mass is 9.99. The van der Waals surface area contributed by atoms with Gasteiger partial charge in [-0.3, -0.25) is 4.79 Å². The molecule has 0 bridgehead atoms. The molecule has 0 aromatic heterocycles. The molecule has 7 nitrogen and oxygen atoms in total. The zero-order valence-corrected chi connectivity index (χ0v) is 15.6. The maximum Gasteiger partial charge on any atom is 0.424 e. The first-order valence-electron chi connectivity index (χ1n) is 8.05. The van der Waals surface area contributed by atoms with E-state index in [0.29, 0.717) is 10.7 Å². The van der Waals surface area contributed by atoms with Gasteiger partial charge in [0.15, 0.2) is 0 Å². The lowest BCUT2D eigenvalue weighted by Crippen LogP contribution is -2.42. The highest BCUT2D eigenvalue weighted by Crippen LogP contribution is 2.32. The summed E-state index contributed by atoms with van der Waals surface area (Å²) in [5.41, 5.74) is 0.895. The van der Waals surface area contributed by atoms with Gasteiger partial charge in [0.2, 0.25) is 0 Å². The SMILES string of the molecule is COC(=O)CC1C(CC(C)C)OC(=O)N1S(=O)(=O)c1ccc(C)cc1. The Kier molecular flexibility index (Phi) is 5.72. The van der Waals surface area contributed by atoms with E-state index in [0.717, 1.165) is 5.56 Å². The van der Waals surface area contributed by atoms with Crippen LogP contribution in [0.4, 0.5) is 4.79 Å². The lowest BCUT2D eigenvalue weighted by molar-refractivity contribution is -0.141. The number of hydrogen-bond acceptors (Lipinski definition) is 6. The van der Waals surface area contributed by atoms with Crippen molar-refractivity contribution in [2.45, 2.75) is 50.7 Å². The Morgan fingerprint density at radius 1 is 1.28 bits per heavy atom. The summed E-state index contributed by atoms with van der Waals surface area (Å²) in [6.07, 6.45) is -1.44. The Bertz CT molecular complexity index is 741. The highest BCUT2D eigenvalue weighted by molar-refractivity contribution is 7.89. The molecule has 2 rings (SSSR count). The van der Waals surface area contributed by atoms with Crippen LogP contribution >= 0.6 is 0 Å². The van der Waals surface area contributed by atoms with E-state index in [9.17, 15) is 18.0 Å². The molecule has 1 fully saturated rings. The molecule has 1 heterocycles. The molecule has 0 N–H and O–H groups in total. The van der Waals surface area contributed by atoms with Crippen LogP contribution in [0.5, 0.6) is 0 Å². The second-order valence-electron chi connectivity index (χ2n) is 6.51. The summed E-state index contributed by atoms with van der Waals surface area (Å²) < 4.78 is 36.5. The van der Waals surface area contributed by atoms with Crippen molar-refractivity contribution in [2.24, 2.45) is 5.92 Å². The third-order valence-corrected chi connectivity index (χ3v) is 5.85. The van der Waals surface area contributed by atoms with Crippen LogP contribution in [0.2, 0.25) is 0 Å². The van der Waals surface area contributed by atoms with Gasteiger partial charge in [-0.2, -0.15) is 4.31 Å². The minimum absolute atomic E-state index is 0.0184. The Balaban J connectivity index is 2.42. The number of methoxy groups -OCH3 is 1. The van der Waals surface area contributed by atoms with Crippen LogP contribution in [-0.2, 0) is 24.3 Å². The van der Waals surface area contributed by atoms with Gasteiger partial charge in [0.1, 0.15) is 6.10 Å². The normalized spacial score (nSPS) is 20.7. The third-order valence-electron chi connectivity index (χ3n) is 4.05. The standard InChI is InChI=1S/C17H23NO6S/c1-11(2)9-15-14(10-16(19)23-4)18(17(20)24-15)25(21,22)13-7-5-12(3)6-8-13/h5-8,11,14-15H,9-10H2,1-4H3. The monoisotopic (exact) mass is 369 g/mol. The number of nitrogens with zero attached hydrogens (tertiary/aromatic N) is 1. The molecule has 2 unspecified atom stereocenters. The second kappa shape index (κ2) is 7.43. The largest absolute Gasteiger partial charge is 0.469 e. The molecule has 1 amide bonds. The zero-order chi connectivity index (χ0) is 18.8. The third kappa shape index (κ3) is 4.12. The van der Waals surface area contributed by atoms with Crippen LogP contribution in [0, 0.1) is 12.8 Å². The fourth-order valence-corrected chi connectivity index (χ4v) is 4.30. The first-order valence-corrected chi connectivity index (χ1v) is 9.49. The molecule has 1 aliphatic rings. The van der Waals surface area contributed by atoms with Crippen molar-refractivity contribution in [2.75, 3.05) is 7.11 Å². The first kappa shape index (κ1) is 19.2. The predicted octanol–water partition coefficient (Wildman–Crippen LogP) is 2.48. The maximum atomic E-state index is 12.9. The van der Waals surface area contributed by atoms with Gasteiger partial charge in [0, 0.05) is 0 Å². The van der Waals surface area contributed by atoms with Gasteiger partial charge in [-0.15, -0.1) is 0 Å². The Morgan fingerprint density at radius 2 is 1.88 bits per heavy atom. The van der Waals surface area contributed by atoms with Gasteiger partial charge in [-0.25, -0.2) is 13.2 Å². The zero-order valence-electron chi connectivity index (χ0n) is 14.8. The van der Waals surface area contributed by atoms with Crippen molar-refractivity contribution < 1.29 is 27.5 Å². The number of carbonyl (C=O) groups excluding carboxylic acids is 2. The minimum atomic E-state index is -4.13. The molecule has 0 radical (unpaired) electrons. The number of cyclic esters (lactones) is 1. The van der Waals surface area contributed by atoms with Crippen molar-refractivity contribution >= 4 is 22.1 Å². The highest BCUT2D eigenvalue weighted by atomic mass is 32.2. The van der Waals surface area contributed by atoms with Crippen molar-refractivity contribution in [3.05, 3.63) is 29.8 Å². The van der Waals surface area contributed by atoms with Crippen LogP contribution in [0.1, 0.15) is 32.3 Å². The quantitative estimate of drug-likeness (QED) is 0.716. The highest BCUT2D eigenvalue weighted by Gasteiger charge is 2.49. The number of rotatable bonds is 6. The number of hydrogen-bond donors (Lipinski definition) is 0. The van der Waals surface area contributed by atoms with Gasteiger partial charge in [-0.1, -0.05) is 31.5 Å². The van der Waals surface area contributed by atoms with Crippen LogP contribution in [-0.4, -0.2) is 44.0 Å². The summed E-state index contributed by atoms with van der Waals surface area (Å²) in [5.74, 6) is -0.430. The molecule has 25 heavy (non-hydrogen) atoms. The van der Waals surface area contributed by atoms with Crippen molar-refractivity contribution in [1.82, 2.24) is 4.31 Å². The minimum Gasteiger partial charge on any atom is -0.469 e. The summed E-state index contributed by atoms with van der Waals surface area (Å²) in [4.78, 5) is 24.0. The smallest absolute Gasteiger partial charge is 0.424 e. The summed E-state index contributed by atoms with van der Waals surface area (Å²) >= 11 is 0. The maximum absolute atomic E-state index is 12.9. The second-order valence-corrected chi connectivity index (χ2v) is 8.33. The van der Waals surface area contributed by atoms with Gasteiger partial charge in [0.05, 0.1) is 24.5 Å². The molecule has 0 saturated carbocycles. The van der Waals surface area contributed by atoms with Crippen molar-refractivity contribution in [1.29, 1.82) is 0 Å². The average molecular weight is 369 g/mol. The van der Waals surface area contributed by atoms with E-state index in [1.807, 2.05) is 20.8 Å². The molecule has 138 valence electrons. The summed E-state index contributed by atoms with van der Waals surface area (Å²) in [6.45, 7) is 5.69. The summed E-state index contributed by atoms with van der Waals surface area (Å²) in [6, 6.07) is 5.24. The number of sulfonamides is 1. The lowest BCUT2D eigenvalue weighted by Gasteiger charge is -2.24. The van der Waals surface area contributed by atoms with Gasteiger partial charge >= 0.3 is 12.1 Å². The van der Waals surface area contributed by atoms with E-state index >= 15 is 0 Å². The van der Waals surface area contributed by atoms with Crippen LogP contribution in [0.15, 0.2) is 29.2 Å². The van der Waals surface area contributed by atoms with E-state index < -0.39 is 34.2 Å². The molecule has 0 aliphatic carbocycles. The van der Waals surface area contributed by atoms with E-state index in [2.05, 4.69) is 4.74 Å². The number of aryl methyl sites for hydroxylation is 1. The first-order chi connectivity index (χ1) is 11.7. The Morgan fingerprint density at radius 3 is 2.40 bits per heavy atom. The van der Waals surface area contributed by atoms with Gasteiger partial charge in [0.25, 0.3) is 10.0 Å². The number of carbonyl (C=O) groups is 2. The molecular formula is C17H23NO6S. The van der Waals surface area contributed by atoms with E-state index in [1.54, 1.807) is 12.1 Å². The molecule has 1 aromatic rings. The predicted molar refractivity (Wildman–Crippen MR) is 90.3 cm³/mol. The molecule has 8 heteroatoms. The summed E-state index contributed by atoms with van der Waals surface area (Å²) in [7, 11) is -2.91. The van der Waals surface area contributed by atoms with E-state index in [4.69, 9.17) is 4.74 Å². The van der Waals surface area contributed by atoms with Crippen LogP contribution in [0.25, 0.3) is 0 Å². The number of esters is 1. The Hall–Kier alpha value is -2.09. The fraction of sp³-hybridized carbons (Fsp3) is 0.529. The fourth-order valence-electron chi connectivity index (χ4n) is 2.78. The van der Waals surface area contributed by atoms with Crippen molar-refractivity contribution in [3.63, 3.8) is 0 Å². The van der Waals surface area contributed by atoms with Crippen LogP contribution < -0.4 is 0 Å². The number of ether oxygens (including phenoxy) is 2. The van der Waals surface area contributed by atoms with E-state index in [-0.39, 0.29) is 17.2 Å². The van der Waals surface area contributed by atoms with Crippen LogP contribution in [0.3, 0.4) is 0 Å². The molecule has 1 aromatic carbocycles. The van der Waals surface area contributed by atoms with Crippen molar-refractivity contribution in [3.8, 4) is 0 Å². The molecular weight excluding hydrogens is 346 g/mol. The molecule has 0 spiro atoms. The number of amides is 1.